The second kappa shape index (κ2) is 8.42. The van der Waals surface area contributed by atoms with E-state index in [4.69, 9.17) is 15.2 Å². The van der Waals surface area contributed by atoms with E-state index in [-0.39, 0.29) is 12.0 Å². The minimum atomic E-state index is -1.12. The zero-order valence-electron chi connectivity index (χ0n) is 18.5. The lowest BCUT2D eigenvalue weighted by Gasteiger charge is -2.17. The predicted molar refractivity (Wildman–Crippen MR) is 120 cm³/mol. The molecule has 170 valence electrons. The normalized spacial score (nSPS) is 14.5. The Balaban J connectivity index is 1.67. The summed E-state index contributed by atoms with van der Waals surface area (Å²) in [5.74, 6) is -2.40. The third-order valence-corrected chi connectivity index (χ3v) is 5.16. The molecule has 0 radical (unpaired) electrons. The molecule has 33 heavy (non-hydrogen) atoms. The summed E-state index contributed by atoms with van der Waals surface area (Å²) in [5.41, 5.74) is 7.16. The lowest BCUT2D eigenvalue weighted by Crippen LogP contribution is -2.47. The Kier molecular flexibility index (Phi) is 5.63. The van der Waals surface area contributed by atoms with Crippen LogP contribution in [0.15, 0.2) is 54.7 Å². The largest absolute Gasteiger partial charge is 0.449 e. The first-order valence-electron chi connectivity index (χ1n) is 10.4. The first-order chi connectivity index (χ1) is 15.6. The van der Waals surface area contributed by atoms with Crippen LogP contribution >= 0.6 is 0 Å². The number of hydrogen-bond acceptors (Lipinski definition) is 6. The van der Waals surface area contributed by atoms with Crippen LogP contribution in [0.5, 0.6) is 11.5 Å². The van der Waals surface area contributed by atoms with E-state index >= 15 is 0 Å². The van der Waals surface area contributed by atoms with Gasteiger partial charge in [-0.3, -0.25) is 19.1 Å². The fourth-order valence-corrected chi connectivity index (χ4v) is 3.74. The van der Waals surface area contributed by atoms with Gasteiger partial charge < -0.3 is 20.5 Å². The van der Waals surface area contributed by atoms with Crippen LogP contribution in [0.1, 0.15) is 29.8 Å². The summed E-state index contributed by atoms with van der Waals surface area (Å²) < 4.78 is 13.2. The van der Waals surface area contributed by atoms with Crippen molar-refractivity contribution in [2.24, 2.45) is 12.8 Å². The van der Waals surface area contributed by atoms with Gasteiger partial charge in [0, 0.05) is 39.1 Å². The summed E-state index contributed by atoms with van der Waals surface area (Å²) in [6.07, 6.45) is 1.66. The van der Waals surface area contributed by atoms with Gasteiger partial charge in [-0.15, -0.1) is 0 Å². The van der Waals surface area contributed by atoms with E-state index in [1.165, 1.54) is 4.68 Å². The number of ether oxygens (including phenoxy) is 2. The molecule has 2 heterocycles. The molecule has 0 spiro atoms. The molecule has 0 aliphatic carbocycles. The van der Waals surface area contributed by atoms with Crippen molar-refractivity contribution in [2.45, 2.75) is 32.1 Å². The average Bonchev–Trinajstić information content (AvgIpc) is 3.31. The van der Waals surface area contributed by atoms with Gasteiger partial charge >= 0.3 is 0 Å². The van der Waals surface area contributed by atoms with Gasteiger partial charge in [0.15, 0.2) is 11.5 Å². The van der Waals surface area contributed by atoms with Crippen LogP contribution < -0.4 is 20.5 Å². The van der Waals surface area contributed by atoms with Gasteiger partial charge in [-0.05, 0) is 17.7 Å². The average molecular weight is 448 g/mol. The number of ketones is 1. The fourth-order valence-electron chi connectivity index (χ4n) is 3.74. The standard InChI is InChI=1S/C24H24N4O5/c1-24(2)32-18-11-7-10-15(21(18)33-24)19-16(13-28(3)27-19)23(31)26-17(20(29)22(25)30)12-14-8-5-4-6-9-14/h4-11,13,17H,12H2,1-3H3,(H2,25,30)(H,26,31). The van der Waals surface area contributed by atoms with Gasteiger partial charge in [-0.1, -0.05) is 36.4 Å². The Labute approximate surface area is 190 Å². The Hall–Kier alpha value is -4.14. The van der Waals surface area contributed by atoms with Gasteiger partial charge in [0.25, 0.3) is 11.8 Å². The highest BCUT2D eigenvalue weighted by Crippen LogP contribution is 2.46. The summed E-state index contributed by atoms with van der Waals surface area (Å²) in [6.45, 7) is 3.57. The smallest absolute Gasteiger partial charge is 0.287 e. The number of nitrogens with zero attached hydrogens (tertiary/aromatic N) is 2. The van der Waals surface area contributed by atoms with Crippen LogP contribution in [0.3, 0.4) is 0 Å². The number of amides is 2. The number of nitrogens with two attached hydrogens (primary N) is 1. The van der Waals surface area contributed by atoms with Crippen LogP contribution in [0.4, 0.5) is 0 Å². The number of carbonyl (C=O) groups excluding carboxylic acids is 3. The van der Waals surface area contributed by atoms with Crippen LogP contribution in [0.2, 0.25) is 0 Å². The lowest BCUT2D eigenvalue weighted by molar-refractivity contribution is -0.137. The zero-order valence-corrected chi connectivity index (χ0v) is 18.5. The molecule has 9 nitrogen and oxygen atoms in total. The summed E-state index contributed by atoms with van der Waals surface area (Å²) in [4.78, 5) is 37.3. The molecule has 1 aliphatic heterocycles. The highest BCUT2D eigenvalue weighted by Gasteiger charge is 2.35. The number of para-hydroxylation sites is 1. The molecule has 0 saturated heterocycles. The van der Waals surface area contributed by atoms with Crippen molar-refractivity contribution in [1.29, 1.82) is 0 Å². The quantitative estimate of drug-likeness (QED) is 0.533. The van der Waals surface area contributed by atoms with Crippen LogP contribution in [0.25, 0.3) is 11.3 Å². The van der Waals surface area contributed by atoms with Crippen molar-refractivity contribution < 1.29 is 23.9 Å². The van der Waals surface area contributed by atoms with Crippen LogP contribution in [-0.4, -0.2) is 39.2 Å². The molecule has 2 aromatic carbocycles. The molecule has 0 fully saturated rings. The lowest BCUT2D eigenvalue weighted by atomic mass is 10.0. The molecule has 3 aromatic rings. The first-order valence-corrected chi connectivity index (χ1v) is 10.4. The van der Waals surface area contributed by atoms with Gasteiger partial charge in [0.1, 0.15) is 11.7 Å². The first kappa shape index (κ1) is 22.1. The number of rotatable bonds is 7. The molecule has 1 unspecified atom stereocenters. The third-order valence-electron chi connectivity index (χ3n) is 5.16. The highest BCUT2D eigenvalue weighted by atomic mass is 16.7. The fraction of sp³-hybridized carbons (Fsp3) is 0.250. The van der Waals surface area contributed by atoms with E-state index in [0.717, 1.165) is 5.56 Å². The van der Waals surface area contributed by atoms with Crippen LogP contribution in [-0.2, 0) is 23.1 Å². The number of aryl methyl sites for hydroxylation is 1. The van der Waals surface area contributed by atoms with E-state index in [1.807, 2.05) is 18.2 Å². The van der Waals surface area contributed by atoms with E-state index in [9.17, 15) is 14.4 Å². The number of carbonyl (C=O) groups is 3. The van der Waals surface area contributed by atoms with Gasteiger partial charge in [0.2, 0.25) is 11.6 Å². The Bertz CT molecular complexity index is 1230. The summed E-state index contributed by atoms with van der Waals surface area (Å²) in [5, 5.41) is 7.10. The molecule has 1 aliphatic rings. The molecule has 0 bridgehead atoms. The second-order valence-electron chi connectivity index (χ2n) is 8.25. The van der Waals surface area contributed by atoms with Gasteiger partial charge in [0.05, 0.1) is 5.56 Å². The molecule has 0 saturated carbocycles. The monoisotopic (exact) mass is 448 g/mol. The topological polar surface area (TPSA) is 126 Å². The number of Topliss-reactive ketones (excluding diaryl/α,β-unsaturated/α-hetero) is 1. The predicted octanol–water partition coefficient (Wildman–Crippen LogP) is 1.99. The van der Waals surface area contributed by atoms with Crippen molar-refractivity contribution in [1.82, 2.24) is 15.1 Å². The molecule has 1 aromatic heterocycles. The van der Waals surface area contributed by atoms with Crippen LogP contribution in [0, 0.1) is 0 Å². The number of nitrogens with one attached hydrogen (secondary N) is 1. The van der Waals surface area contributed by atoms with Crippen molar-refractivity contribution in [3.05, 3.63) is 65.9 Å². The van der Waals surface area contributed by atoms with E-state index in [0.29, 0.717) is 22.8 Å². The molecule has 1 atom stereocenters. The molecule has 2 amide bonds. The van der Waals surface area contributed by atoms with Crippen molar-refractivity contribution >= 4 is 17.6 Å². The number of primary amides is 1. The summed E-state index contributed by atoms with van der Waals surface area (Å²) >= 11 is 0. The molecule has 9 heteroatoms. The number of hydrogen-bond donors (Lipinski definition) is 2. The molecular formula is C24H24N4O5. The minimum absolute atomic E-state index is 0.121. The maximum absolute atomic E-state index is 13.3. The molecule has 3 N–H and O–H groups in total. The van der Waals surface area contributed by atoms with E-state index < -0.39 is 29.4 Å². The van der Waals surface area contributed by atoms with Crippen molar-refractivity contribution in [2.75, 3.05) is 0 Å². The summed E-state index contributed by atoms with van der Waals surface area (Å²) in [6, 6.07) is 13.3. The van der Waals surface area contributed by atoms with Gasteiger partial charge in [-0.25, -0.2) is 0 Å². The van der Waals surface area contributed by atoms with E-state index in [2.05, 4.69) is 10.4 Å². The van der Waals surface area contributed by atoms with Gasteiger partial charge in [-0.2, -0.15) is 5.10 Å². The maximum atomic E-state index is 13.3. The molecular weight excluding hydrogens is 424 g/mol. The minimum Gasteiger partial charge on any atom is -0.449 e. The molecule has 4 rings (SSSR count). The number of fused-ring (bicyclic) bond motifs is 1. The maximum Gasteiger partial charge on any atom is 0.287 e. The van der Waals surface area contributed by atoms with E-state index in [1.54, 1.807) is 57.4 Å². The highest BCUT2D eigenvalue weighted by molar-refractivity contribution is 6.38. The zero-order chi connectivity index (χ0) is 23.8. The van der Waals surface area contributed by atoms with Crippen molar-refractivity contribution in [3.8, 4) is 22.8 Å². The Morgan fingerprint density at radius 1 is 1.09 bits per heavy atom. The van der Waals surface area contributed by atoms with Crippen molar-refractivity contribution in [3.63, 3.8) is 0 Å². The Morgan fingerprint density at radius 3 is 2.52 bits per heavy atom. The SMILES string of the molecule is Cn1cc(C(=O)NC(Cc2ccccc2)C(=O)C(N)=O)c(-c2cccc3c2OC(C)(C)O3)n1. The number of aromatic nitrogens is 2. The summed E-state index contributed by atoms with van der Waals surface area (Å²) in [7, 11) is 1.68. The Morgan fingerprint density at radius 2 is 1.82 bits per heavy atom. The second-order valence-corrected chi connectivity index (χ2v) is 8.25. The third kappa shape index (κ3) is 4.57. The number of benzene rings is 2.